The monoisotopic (exact) mass is 306 g/mol. The summed E-state index contributed by atoms with van der Waals surface area (Å²) in [4.78, 5) is 17.2. The van der Waals surface area contributed by atoms with Crippen LogP contribution in [-0.4, -0.2) is 17.4 Å². The van der Waals surface area contributed by atoms with Gasteiger partial charge in [-0.15, -0.1) is 11.3 Å². The van der Waals surface area contributed by atoms with Gasteiger partial charge in [-0.3, -0.25) is 4.79 Å². The summed E-state index contributed by atoms with van der Waals surface area (Å²) in [6.07, 6.45) is 3.23. The topological polar surface area (TPSA) is 42.0 Å². The lowest BCUT2D eigenvalue weighted by Crippen LogP contribution is -2.24. The molecule has 0 spiro atoms. The summed E-state index contributed by atoms with van der Waals surface area (Å²) in [5, 5.41) is 3.66. The maximum atomic E-state index is 12.9. The average Bonchev–Trinajstić information content (AvgIpc) is 2.86. The van der Waals surface area contributed by atoms with Gasteiger partial charge in [-0.05, 0) is 37.6 Å². The molecule has 3 nitrogen and oxygen atoms in total. The Hall–Kier alpha value is -1.75. The van der Waals surface area contributed by atoms with Crippen LogP contribution in [0, 0.1) is 12.7 Å². The zero-order valence-electron chi connectivity index (χ0n) is 12.3. The smallest absolute Gasteiger partial charge is 0.263 e. The number of hydrogen-bond donors (Lipinski definition) is 1. The zero-order chi connectivity index (χ0) is 15.2. The van der Waals surface area contributed by atoms with Gasteiger partial charge in [-0.2, -0.15) is 0 Å². The van der Waals surface area contributed by atoms with Gasteiger partial charge in [-0.25, -0.2) is 9.37 Å². The molecule has 1 amide bonds. The van der Waals surface area contributed by atoms with E-state index in [1.807, 2.05) is 6.92 Å². The number of unbranched alkanes of at least 4 members (excludes halogenated alkanes) is 2. The highest BCUT2D eigenvalue weighted by Gasteiger charge is 2.15. The summed E-state index contributed by atoms with van der Waals surface area (Å²) in [6.45, 7) is 4.64. The van der Waals surface area contributed by atoms with E-state index in [2.05, 4.69) is 17.2 Å². The Morgan fingerprint density at radius 1 is 1.29 bits per heavy atom. The van der Waals surface area contributed by atoms with Gasteiger partial charge in [0, 0.05) is 12.1 Å². The maximum absolute atomic E-state index is 12.9. The summed E-state index contributed by atoms with van der Waals surface area (Å²) in [6, 6.07) is 6.15. The quantitative estimate of drug-likeness (QED) is 0.814. The molecule has 1 aromatic carbocycles. The predicted octanol–water partition coefficient (Wildman–Crippen LogP) is 4.18. The number of halogens is 1. The van der Waals surface area contributed by atoms with Crippen LogP contribution in [0.3, 0.4) is 0 Å². The minimum Gasteiger partial charge on any atom is -0.351 e. The molecular weight excluding hydrogens is 287 g/mol. The molecule has 0 aliphatic carbocycles. The Morgan fingerprint density at radius 3 is 2.67 bits per heavy atom. The molecule has 0 atom stereocenters. The van der Waals surface area contributed by atoms with Crippen LogP contribution in [0.4, 0.5) is 4.39 Å². The highest BCUT2D eigenvalue weighted by Crippen LogP contribution is 2.27. The number of nitrogens with zero attached hydrogens (tertiary/aromatic N) is 1. The highest BCUT2D eigenvalue weighted by molar-refractivity contribution is 7.17. The van der Waals surface area contributed by atoms with Crippen molar-refractivity contribution in [1.82, 2.24) is 10.3 Å². The third-order valence-electron chi connectivity index (χ3n) is 3.16. The fraction of sp³-hybridized carbons (Fsp3) is 0.375. The van der Waals surface area contributed by atoms with Crippen molar-refractivity contribution in [3.8, 4) is 10.6 Å². The number of benzene rings is 1. The number of amides is 1. The summed E-state index contributed by atoms with van der Waals surface area (Å²) < 4.78 is 12.9. The van der Waals surface area contributed by atoms with Gasteiger partial charge in [0.15, 0.2) is 0 Å². The standard InChI is InChI=1S/C16H19FN2OS/c1-3-4-5-10-18-15(20)14-11(2)19-16(21-14)12-6-8-13(17)9-7-12/h6-9H,3-5,10H2,1-2H3,(H,18,20). The van der Waals surface area contributed by atoms with Gasteiger partial charge in [0.05, 0.1) is 5.69 Å². The number of rotatable bonds is 6. The second kappa shape index (κ2) is 7.31. The Bertz CT molecular complexity index is 607. The van der Waals surface area contributed by atoms with E-state index in [-0.39, 0.29) is 11.7 Å². The molecule has 0 unspecified atom stereocenters. The van der Waals surface area contributed by atoms with Crippen molar-refractivity contribution < 1.29 is 9.18 Å². The van der Waals surface area contributed by atoms with Crippen LogP contribution in [0.15, 0.2) is 24.3 Å². The fourth-order valence-corrected chi connectivity index (χ4v) is 2.97. The molecule has 2 aromatic rings. The average molecular weight is 306 g/mol. The number of thiazole rings is 1. The van der Waals surface area contributed by atoms with Crippen LogP contribution in [0.5, 0.6) is 0 Å². The van der Waals surface area contributed by atoms with Crippen LogP contribution in [0.1, 0.15) is 41.6 Å². The third kappa shape index (κ3) is 4.11. The molecule has 21 heavy (non-hydrogen) atoms. The Kier molecular flexibility index (Phi) is 5.44. The lowest BCUT2D eigenvalue weighted by molar-refractivity contribution is 0.0956. The van der Waals surface area contributed by atoms with Gasteiger partial charge >= 0.3 is 0 Å². The molecule has 0 aliphatic rings. The molecule has 0 bridgehead atoms. The Labute approximate surface area is 128 Å². The number of carbonyl (C=O) groups is 1. The van der Waals surface area contributed by atoms with Crippen molar-refractivity contribution in [2.75, 3.05) is 6.54 Å². The third-order valence-corrected chi connectivity index (χ3v) is 4.37. The first kappa shape index (κ1) is 15.6. The summed E-state index contributed by atoms with van der Waals surface area (Å²) in [5.41, 5.74) is 1.54. The van der Waals surface area contributed by atoms with Crippen molar-refractivity contribution in [1.29, 1.82) is 0 Å². The van der Waals surface area contributed by atoms with Crippen LogP contribution >= 0.6 is 11.3 Å². The van der Waals surface area contributed by atoms with E-state index in [0.29, 0.717) is 17.1 Å². The van der Waals surface area contributed by atoms with Gasteiger partial charge in [-0.1, -0.05) is 19.8 Å². The van der Waals surface area contributed by atoms with E-state index >= 15 is 0 Å². The van der Waals surface area contributed by atoms with Gasteiger partial charge in [0.25, 0.3) is 5.91 Å². The van der Waals surface area contributed by atoms with Crippen molar-refractivity contribution in [2.24, 2.45) is 0 Å². The molecule has 1 heterocycles. The molecule has 2 rings (SSSR count). The number of aryl methyl sites for hydroxylation is 1. The molecule has 0 saturated heterocycles. The number of aromatic nitrogens is 1. The molecule has 5 heteroatoms. The van der Waals surface area contributed by atoms with Crippen LogP contribution in [-0.2, 0) is 0 Å². The van der Waals surface area contributed by atoms with Crippen molar-refractivity contribution in [2.45, 2.75) is 33.1 Å². The van der Waals surface area contributed by atoms with E-state index in [0.717, 1.165) is 29.8 Å². The van der Waals surface area contributed by atoms with Crippen molar-refractivity contribution in [3.05, 3.63) is 40.7 Å². The first-order valence-electron chi connectivity index (χ1n) is 7.13. The molecule has 0 saturated carbocycles. The zero-order valence-corrected chi connectivity index (χ0v) is 13.1. The largest absolute Gasteiger partial charge is 0.351 e. The predicted molar refractivity (Wildman–Crippen MR) is 84.1 cm³/mol. The van der Waals surface area contributed by atoms with E-state index in [9.17, 15) is 9.18 Å². The lowest BCUT2D eigenvalue weighted by Gasteiger charge is -2.02. The van der Waals surface area contributed by atoms with Crippen LogP contribution in [0.25, 0.3) is 10.6 Å². The van der Waals surface area contributed by atoms with E-state index in [1.54, 1.807) is 12.1 Å². The highest BCUT2D eigenvalue weighted by atomic mass is 32.1. The molecule has 112 valence electrons. The second-order valence-corrected chi connectivity index (χ2v) is 5.90. The normalized spacial score (nSPS) is 10.6. The van der Waals surface area contributed by atoms with Gasteiger partial charge < -0.3 is 5.32 Å². The summed E-state index contributed by atoms with van der Waals surface area (Å²) in [5.74, 6) is -0.351. The summed E-state index contributed by atoms with van der Waals surface area (Å²) >= 11 is 1.34. The minimum absolute atomic E-state index is 0.0746. The van der Waals surface area contributed by atoms with E-state index in [4.69, 9.17) is 0 Å². The minimum atomic E-state index is -0.277. The van der Waals surface area contributed by atoms with Gasteiger partial charge in [0.1, 0.15) is 15.7 Å². The van der Waals surface area contributed by atoms with Crippen molar-refractivity contribution in [3.63, 3.8) is 0 Å². The Balaban J connectivity index is 2.08. The molecule has 1 N–H and O–H groups in total. The fourth-order valence-electron chi connectivity index (χ4n) is 1.98. The van der Waals surface area contributed by atoms with Crippen LogP contribution < -0.4 is 5.32 Å². The molecular formula is C16H19FN2OS. The Morgan fingerprint density at radius 2 is 2.00 bits per heavy atom. The number of nitrogens with one attached hydrogen (secondary N) is 1. The molecule has 0 radical (unpaired) electrons. The molecule has 1 aromatic heterocycles. The molecule has 0 aliphatic heterocycles. The van der Waals surface area contributed by atoms with Crippen molar-refractivity contribution >= 4 is 17.2 Å². The van der Waals surface area contributed by atoms with Gasteiger partial charge in [0.2, 0.25) is 0 Å². The van der Waals surface area contributed by atoms with E-state index < -0.39 is 0 Å². The first-order valence-corrected chi connectivity index (χ1v) is 7.95. The second-order valence-electron chi connectivity index (χ2n) is 4.90. The maximum Gasteiger partial charge on any atom is 0.263 e. The summed E-state index contributed by atoms with van der Waals surface area (Å²) in [7, 11) is 0. The lowest BCUT2D eigenvalue weighted by atomic mass is 10.2. The molecule has 0 fully saturated rings. The number of hydrogen-bond acceptors (Lipinski definition) is 3. The van der Waals surface area contributed by atoms with Crippen LogP contribution in [0.2, 0.25) is 0 Å². The number of carbonyl (C=O) groups excluding carboxylic acids is 1. The first-order chi connectivity index (χ1) is 10.1. The SMILES string of the molecule is CCCCCNC(=O)c1sc(-c2ccc(F)cc2)nc1C. The van der Waals surface area contributed by atoms with E-state index in [1.165, 1.54) is 23.5 Å².